The van der Waals surface area contributed by atoms with Gasteiger partial charge in [-0.25, -0.2) is 9.59 Å². The second kappa shape index (κ2) is 10.6. The van der Waals surface area contributed by atoms with Gasteiger partial charge >= 0.3 is 12.2 Å². The molecule has 0 aromatic heterocycles. The molecule has 2 N–H and O–H groups in total. The Morgan fingerprint density at radius 3 is 2.23 bits per heavy atom. The van der Waals surface area contributed by atoms with Gasteiger partial charge in [-0.1, -0.05) is 26.8 Å². The lowest BCUT2D eigenvalue weighted by Crippen LogP contribution is -2.59. The largest absolute Gasteiger partial charge is 0.443 e. The Labute approximate surface area is 280 Å². The summed E-state index contributed by atoms with van der Waals surface area (Å²) in [5.74, 6) is 1.25. The Kier molecular flexibility index (Phi) is 7.29. The summed E-state index contributed by atoms with van der Waals surface area (Å²) in [5, 5.41) is 22.0. The van der Waals surface area contributed by atoms with E-state index in [2.05, 4.69) is 33.8 Å². The Hall–Kier alpha value is -1.84. The number of likely N-dealkylation sites (tertiary alicyclic amines) is 2. The van der Waals surface area contributed by atoms with Crippen LogP contribution in [0.25, 0.3) is 0 Å². The van der Waals surface area contributed by atoms with Crippen LogP contribution in [-0.4, -0.2) is 94.5 Å². The SMILES string of the molecule is C/C=C1\C(OC(=O)N2CCC2)CCC23CC24CCC2(C)C5C(OC(C(O)C(C)(C)O)C[C@H]5C)[C@H](OC(=O)N5CCC5)[C@@]2(C)C4CC[C@@H]13. The molecule has 2 spiro atoms. The topological polar surface area (TPSA) is 109 Å². The van der Waals surface area contributed by atoms with Gasteiger partial charge < -0.3 is 34.2 Å². The van der Waals surface area contributed by atoms with E-state index >= 15 is 0 Å². The van der Waals surface area contributed by atoms with Crippen LogP contribution in [0.1, 0.15) is 106 Å². The normalized spacial score (nSPS) is 49.7. The number of nitrogens with zero attached hydrogens (tertiary/aromatic N) is 2. The first-order valence-corrected chi connectivity index (χ1v) is 18.8. The van der Waals surface area contributed by atoms with Crippen LogP contribution in [0.2, 0.25) is 0 Å². The fourth-order valence-electron chi connectivity index (χ4n) is 13.2. The maximum Gasteiger partial charge on any atom is 0.410 e. The van der Waals surface area contributed by atoms with E-state index < -0.39 is 23.9 Å². The monoisotopic (exact) mass is 654 g/mol. The summed E-state index contributed by atoms with van der Waals surface area (Å²) < 4.78 is 19.8. The number of hydrogen-bond acceptors (Lipinski definition) is 7. The number of allylic oxidation sites excluding steroid dienone is 1. The fourth-order valence-corrected chi connectivity index (χ4v) is 13.2. The summed E-state index contributed by atoms with van der Waals surface area (Å²) >= 11 is 0. The molecule has 5 aliphatic carbocycles. The van der Waals surface area contributed by atoms with E-state index in [1.165, 1.54) is 18.4 Å². The number of carbonyl (C=O) groups excluding carboxylic acids is 2. The minimum absolute atomic E-state index is 0.0957. The highest BCUT2D eigenvalue weighted by atomic mass is 16.6. The molecular weight excluding hydrogens is 596 g/mol. The zero-order valence-corrected chi connectivity index (χ0v) is 29.5. The van der Waals surface area contributed by atoms with Crippen molar-refractivity contribution in [1.29, 1.82) is 0 Å². The molecular formula is C38H58N2O7. The van der Waals surface area contributed by atoms with Crippen molar-refractivity contribution in [3.05, 3.63) is 11.6 Å². The number of hydrogen-bond donors (Lipinski definition) is 2. The minimum atomic E-state index is -1.30. The maximum absolute atomic E-state index is 13.7. The first-order chi connectivity index (χ1) is 22.2. The Morgan fingerprint density at radius 1 is 0.979 bits per heavy atom. The molecule has 8 fully saturated rings. The van der Waals surface area contributed by atoms with Crippen molar-refractivity contribution in [2.24, 2.45) is 45.3 Å². The van der Waals surface area contributed by atoms with Crippen LogP contribution in [0, 0.1) is 45.3 Å². The van der Waals surface area contributed by atoms with Gasteiger partial charge in [0.1, 0.15) is 18.3 Å². The summed E-state index contributed by atoms with van der Waals surface area (Å²) in [7, 11) is 0. The number of aliphatic hydroxyl groups is 2. The van der Waals surface area contributed by atoms with Crippen molar-refractivity contribution in [1.82, 2.24) is 9.80 Å². The van der Waals surface area contributed by atoms with E-state index in [1.54, 1.807) is 13.8 Å². The number of aliphatic hydroxyl groups excluding tert-OH is 1. The summed E-state index contributed by atoms with van der Waals surface area (Å²) in [6, 6.07) is 0. The molecule has 8 rings (SSSR count). The average molecular weight is 655 g/mol. The van der Waals surface area contributed by atoms with Crippen LogP contribution in [0.15, 0.2) is 11.6 Å². The highest BCUT2D eigenvalue weighted by Gasteiger charge is 2.84. The van der Waals surface area contributed by atoms with E-state index in [4.69, 9.17) is 14.2 Å². The summed E-state index contributed by atoms with van der Waals surface area (Å²) in [5.41, 5.74) is 0.0235. The van der Waals surface area contributed by atoms with Gasteiger partial charge in [-0.15, -0.1) is 0 Å². The molecule has 0 aromatic carbocycles. The van der Waals surface area contributed by atoms with E-state index in [-0.39, 0.29) is 57.9 Å². The minimum Gasteiger partial charge on any atom is -0.443 e. The fraction of sp³-hybridized carbons (Fsp3) is 0.895. The first-order valence-electron chi connectivity index (χ1n) is 18.8. The molecule has 3 aliphatic heterocycles. The molecule has 3 saturated heterocycles. The smallest absolute Gasteiger partial charge is 0.410 e. The Morgan fingerprint density at radius 2 is 1.64 bits per heavy atom. The molecule has 0 radical (unpaired) electrons. The number of fused-ring (bicyclic) bond motifs is 4. The number of ether oxygens (including phenoxy) is 3. The van der Waals surface area contributed by atoms with Crippen molar-refractivity contribution in [3.63, 3.8) is 0 Å². The van der Waals surface area contributed by atoms with Gasteiger partial charge in [-0.3, -0.25) is 0 Å². The standard InChI is InChI=1S/C38H58N2O7/c1-7-23-24-10-11-27-36(6)31(47-33(43)40-18-9-19-40)29-28(22(2)20-26(45-29)30(41)34(3,4)44)35(36,5)14-15-38(27)21-37(24,38)13-12-25(23)46-32(42)39-16-8-17-39/h7,22,24-31,41,44H,8-21H2,1-6H3/b23-7-/t22-,24+,25?,26?,27?,28?,29?,30?,31+,35?,36-,37?,38?/m1/s1. The van der Waals surface area contributed by atoms with Crippen LogP contribution >= 0.6 is 0 Å². The van der Waals surface area contributed by atoms with Gasteiger partial charge in [0.15, 0.2) is 0 Å². The highest BCUT2D eigenvalue weighted by molar-refractivity contribution is 5.69. The number of carbonyl (C=O) groups is 2. The van der Waals surface area contributed by atoms with Crippen molar-refractivity contribution in [3.8, 4) is 0 Å². The molecule has 5 saturated carbocycles. The third kappa shape index (κ3) is 4.23. The van der Waals surface area contributed by atoms with Gasteiger partial charge in [0, 0.05) is 31.6 Å². The molecule has 8 aliphatic rings. The number of rotatable bonds is 4. The van der Waals surface area contributed by atoms with E-state index in [0.717, 1.165) is 71.1 Å². The molecule has 9 nitrogen and oxygen atoms in total. The van der Waals surface area contributed by atoms with Crippen LogP contribution in [0.4, 0.5) is 9.59 Å². The van der Waals surface area contributed by atoms with Gasteiger partial charge in [0.05, 0.1) is 17.8 Å². The van der Waals surface area contributed by atoms with Gasteiger partial charge in [0.25, 0.3) is 0 Å². The van der Waals surface area contributed by atoms with Crippen molar-refractivity contribution in [2.75, 3.05) is 26.2 Å². The Balaban J connectivity index is 1.13. The predicted octanol–water partition coefficient (Wildman–Crippen LogP) is 5.91. The lowest BCUT2D eigenvalue weighted by atomic mass is 9.42. The van der Waals surface area contributed by atoms with Gasteiger partial charge in [0.2, 0.25) is 0 Å². The Bertz CT molecular complexity index is 1340. The number of amides is 2. The van der Waals surface area contributed by atoms with Crippen molar-refractivity contribution >= 4 is 12.2 Å². The van der Waals surface area contributed by atoms with Crippen LogP contribution < -0.4 is 0 Å². The second-order valence-electron chi connectivity index (χ2n) is 18.0. The molecule has 13 atom stereocenters. The van der Waals surface area contributed by atoms with Crippen LogP contribution in [-0.2, 0) is 14.2 Å². The molecule has 0 aromatic rings. The van der Waals surface area contributed by atoms with Crippen molar-refractivity contribution in [2.45, 2.75) is 142 Å². The molecule has 3 heterocycles. The van der Waals surface area contributed by atoms with E-state index in [9.17, 15) is 19.8 Å². The highest BCUT2D eigenvalue weighted by Crippen LogP contribution is 2.88. The lowest BCUT2D eigenvalue weighted by molar-refractivity contribution is -0.203. The van der Waals surface area contributed by atoms with Crippen LogP contribution in [0.3, 0.4) is 0 Å². The molecule has 9 unspecified atom stereocenters. The second-order valence-corrected chi connectivity index (χ2v) is 18.0. The summed E-state index contributed by atoms with van der Waals surface area (Å²) in [4.78, 5) is 30.2. The predicted molar refractivity (Wildman–Crippen MR) is 175 cm³/mol. The zero-order chi connectivity index (χ0) is 33.3. The third-order valence-corrected chi connectivity index (χ3v) is 15.9. The van der Waals surface area contributed by atoms with Crippen LogP contribution in [0.5, 0.6) is 0 Å². The molecule has 2 amide bonds. The summed E-state index contributed by atoms with van der Waals surface area (Å²) in [6.07, 6.45) is 9.71. The maximum atomic E-state index is 13.7. The summed E-state index contributed by atoms with van der Waals surface area (Å²) in [6.45, 7) is 15.7. The van der Waals surface area contributed by atoms with Gasteiger partial charge in [-0.2, -0.15) is 0 Å². The molecule has 9 heteroatoms. The average Bonchev–Trinajstić information content (AvgIpc) is 3.57. The first kappa shape index (κ1) is 32.4. The van der Waals surface area contributed by atoms with Gasteiger partial charge in [-0.05, 0) is 130 Å². The molecule has 0 bridgehead atoms. The third-order valence-electron chi connectivity index (χ3n) is 15.9. The van der Waals surface area contributed by atoms with E-state index in [0.29, 0.717) is 18.3 Å². The zero-order valence-electron chi connectivity index (χ0n) is 29.5. The lowest BCUT2D eigenvalue weighted by Gasteiger charge is -2.62. The molecule has 262 valence electrons. The van der Waals surface area contributed by atoms with E-state index in [1.807, 2.05) is 9.80 Å². The quantitative estimate of drug-likeness (QED) is 0.363. The van der Waals surface area contributed by atoms with Crippen molar-refractivity contribution < 1.29 is 34.0 Å². The molecule has 47 heavy (non-hydrogen) atoms.